The van der Waals surface area contributed by atoms with Crippen molar-refractivity contribution in [1.29, 1.82) is 0 Å². The Morgan fingerprint density at radius 3 is 2.62 bits per heavy atom. The first kappa shape index (κ1) is 20.9. The summed E-state index contributed by atoms with van der Waals surface area (Å²) in [4.78, 5) is 35.4. The van der Waals surface area contributed by atoms with E-state index in [0.717, 1.165) is 0 Å². The van der Waals surface area contributed by atoms with Gasteiger partial charge in [0.1, 0.15) is 11.4 Å². The number of β-lactam (4-membered cyclic amide) rings is 1. The minimum Gasteiger partial charge on any atom is -0.543 e. The number of primary amides is 1. The summed E-state index contributed by atoms with van der Waals surface area (Å²) in [7, 11) is 3.68. The van der Waals surface area contributed by atoms with Crippen LogP contribution in [0, 0.1) is 0 Å². The molecule has 2 aliphatic rings. The topological polar surface area (TPSA) is 130 Å². The molecule has 0 aromatic heterocycles. The van der Waals surface area contributed by atoms with E-state index >= 15 is 0 Å². The van der Waals surface area contributed by atoms with Crippen LogP contribution >= 0.6 is 35.7 Å². The average Bonchev–Trinajstić information content (AvgIpc) is 2.43. The summed E-state index contributed by atoms with van der Waals surface area (Å²) in [6.45, 7) is 0.668. The van der Waals surface area contributed by atoms with Crippen LogP contribution in [0.5, 0.6) is 0 Å². The Kier molecular flexibility index (Phi) is 6.84. The molecule has 0 spiro atoms. The summed E-state index contributed by atoms with van der Waals surface area (Å²) in [5.41, 5.74) is 11.3. The molecule has 0 unspecified atom stereocenters. The number of hydrogen-bond acceptors (Lipinski definition) is 6. The first-order valence-electron chi connectivity index (χ1n) is 7.05. The third-order valence-electron chi connectivity index (χ3n) is 3.73. The Bertz CT molecular complexity index is 620. The number of carboxylic acid groups (broad SMARTS) is 1. The molecule has 0 aromatic rings. The molecular formula is C14H21IN4O4S. The molecule has 0 aliphatic carbocycles. The minimum atomic E-state index is -1.39. The van der Waals surface area contributed by atoms with Gasteiger partial charge in [0.15, 0.2) is 6.54 Å². The summed E-state index contributed by atoms with van der Waals surface area (Å²) < 4.78 is 0.350. The van der Waals surface area contributed by atoms with Crippen LogP contribution < -0.4 is 16.6 Å². The van der Waals surface area contributed by atoms with E-state index < -0.39 is 23.8 Å². The maximum Gasteiger partial charge on any atom is 0.272 e. The Morgan fingerprint density at radius 2 is 2.08 bits per heavy atom. The van der Waals surface area contributed by atoms with E-state index in [1.54, 1.807) is 12.2 Å². The van der Waals surface area contributed by atoms with Gasteiger partial charge in [-0.15, -0.1) is 35.7 Å². The summed E-state index contributed by atoms with van der Waals surface area (Å²) in [6.07, 6.45) is 3.43. The normalized spacial score (nSPS) is 23.6. The smallest absolute Gasteiger partial charge is 0.272 e. The van der Waals surface area contributed by atoms with Crippen molar-refractivity contribution in [3.8, 4) is 0 Å². The lowest BCUT2D eigenvalue weighted by Crippen LogP contribution is -2.69. The van der Waals surface area contributed by atoms with E-state index in [4.69, 9.17) is 11.5 Å². The number of carbonyl (C=O) groups excluding carboxylic acids is 3. The van der Waals surface area contributed by atoms with Crippen LogP contribution in [0.25, 0.3) is 0 Å². The number of allylic oxidation sites excluding steroid dienone is 1. The van der Waals surface area contributed by atoms with Gasteiger partial charge in [0.25, 0.3) is 5.91 Å². The van der Waals surface area contributed by atoms with Gasteiger partial charge in [-0.05, 0) is 11.6 Å². The minimum absolute atomic E-state index is 0. The van der Waals surface area contributed by atoms with Gasteiger partial charge in [-0.1, -0.05) is 6.08 Å². The SMILES string of the molecule is C[N+](C)(CC=CC1=C(C(=O)[O-])N2C(=O)[C@@H](N)[C@H]2SC1)CC(N)=O.I. The fraction of sp³-hybridized carbons (Fsp3) is 0.500. The van der Waals surface area contributed by atoms with Crippen molar-refractivity contribution in [3.05, 3.63) is 23.4 Å². The standard InChI is InChI=1S/C14H20N4O4S.HI/c1-18(2,6-9(15)19)5-3-4-8-7-23-13-10(16)12(20)17(13)11(8)14(21)22;/h3-4,10,13H,5-7,16H2,1-2H3,(H2-,15,19,21,22);1H/t10-,13-;/m1./s1. The fourth-order valence-electron chi connectivity index (χ4n) is 2.62. The number of aliphatic carboxylic acids is 1. The van der Waals surface area contributed by atoms with Crippen molar-refractivity contribution >= 4 is 53.5 Å². The highest BCUT2D eigenvalue weighted by atomic mass is 127. The molecular weight excluding hydrogens is 447 g/mol. The quantitative estimate of drug-likeness (QED) is 0.263. The van der Waals surface area contributed by atoms with Gasteiger partial charge in [-0.25, -0.2) is 0 Å². The highest BCUT2D eigenvalue weighted by molar-refractivity contribution is 14.0. The summed E-state index contributed by atoms with van der Waals surface area (Å²) in [5, 5.41) is 11.1. The molecule has 2 heterocycles. The number of halogens is 1. The van der Waals surface area contributed by atoms with Crippen molar-refractivity contribution in [2.24, 2.45) is 11.5 Å². The summed E-state index contributed by atoms with van der Waals surface area (Å²) in [5.74, 6) is -1.77. The number of carboxylic acids is 1. The van der Waals surface area contributed by atoms with Crippen LogP contribution in [-0.4, -0.2) is 71.5 Å². The number of carbonyl (C=O) groups is 3. The maximum atomic E-state index is 11.8. The lowest BCUT2D eigenvalue weighted by molar-refractivity contribution is -0.876. The largest absolute Gasteiger partial charge is 0.543 e. The molecule has 0 aromatic carbocycles. The molecule has 2 amide bonds. The van der Waals surface area contributed by atoms with Gasteiger partial charge in [0.2, 0.25) is 5.91 Å². The Labute approximate surface area is 161 Å². The van der Waals surface area contributed by atoms with Crippen LogP contribution in [0.1, 0.15) is 0 Å². The van der Waals surface area contributed by atoms with Gasteiger partial charge in [0.05, 0.1) is 32.3 Å². The molecule has 1 saturated heterocycles. The molecule has 0 saturated carbocycles. The van der Waals surface area contributed by atoms with Crippen LogP contribution in [0.2, 0.25) is 0 Å². The molecule has 4 N–H and O–H groups in total. The molecule has 8 nitrogen and oxygen atoms in total. The van der Waals surface area contributed by atoms with Gasteiger partial charge in [-0.3, -0.25) is 14.5 Å². The first-order chi connectivity index (χ1) is 10.6. The number of thioether (sulfide) groups is 1. The van der Waals surface area contributed by atoms with Gasteiger partial charge in [-0.2, -0.15) is 0 Å². The number of hydrogen-bond donors (Lipinski definition) is 2. The second kappa shape index (κ2) is 7.85. The van der Waals surface area contributed by atoms with Gasteiger partial charge in [0, 0.05) is 5.75 Å². The van der Waals surface area contributed by atoms with E-state index in [1.807, 2.05) is 14.1 Å². The maximum absolute atomic E-state index is 11.8. The van der Waals surface area contributed by atoms with Crippen LogP contribution in [0.3, 0.4) is 0 Å². The highest BCUT2D eigenvalue weighted by Gasteiger charge is 2.49. The van der Waals surface area contributed by atoms with Crippen molar-refractivity contribution in [2.75, 3.05) is 32.9 Å². The molecule has 2 aliphatic heterocycles. The molecule has 134 valence electrons. The third kappa shape index (κ3) is 4.29. The Morgan fingerprint density at radius 1 is 1.46 bits per heavy atom. The van der Waals surface area contributed by atoms with Crippen molar-refractivity contribution in [2.45, 2.75) is 11.4 Å². The molecule has 0 radical (unpaired) electrons. The predicted molar refractivity (Wildman–Crippen MR) is 98.7 cm³/mol. The predicted octanol–water partition coefficient (Wildman–Crippen LogP) is -2.03. The molecule has 1 fully saturated rings. The van der Waals surface area contributed by atoms with Crippen LogP contribution in [-0.2, 0) is 14.4 Å². The van der Waals surface area contributed by atoms with Gasteiger partial charge < -0.3 is 25.9 Å². The number of quaternary nitrogens is 1. The highest BCUT2D eigenvalue weighted by Crippen LogP contribution is 2.39. The number of rotatable bonds is 6. The fourth-order valence-corrected chi connectivity index (χ4v) is 3.89. The Hall–Kier alpha value is -1.11. The zero-order valence-electron chi connectivity index (χ0n) is 13.4. The Balaban J connectivity index is 0.00000288. The number of fused-ring (bicyclic) bond motifs is 1. The first-order valence-corrected chi connectivity index (χ1v) is 8.10. The molecule has 10 heteroatoms. The van der Waals surface area contributed by atoms with E-state index in [1.165, 1.54) is 16.7 Å². The molecule has 2 rings (SSSR count). The average molecular weight is 468 g/mol. The second-order valence-electron chi connectivity index (χ2n) is 6.24. The van der Waals surface area contributed by atoms with Gasteiger partial charge >= 0.3 is 0 Å². The number of nitrogens with two attached hydrogens (primary N) is 2. The number of likely N-dealkylation sites (N-methyl/N-ethyl adjacent to an activating group) is 1. The molecule has 0 bridgehead atoms. The summed E-state index contributed by atoms with van der Waals surface area (Å²) in [6, 6.07) is -0.661. The lowest BCUT2D eigenvalue weighted by Gasteiger charge is -2.49. The third-order valence-corrected chi connectivity index (χ3v) is 5.06. The monoisotopic (exact) mass is 468 g/mol. The van der Waals surface area contributed by atoms with Crippen molar-refractivity contribution in [3.63, 3.8) is 0 Å². The second-order valence-corrected chi connectivity index (χ2v) is 7.35. The van der Waals surface area contributed by atoms with Crippen LogP contribution in [0.4, 0.5) is 0 Å². The zero-order valence-corrected chi connectivity index (χ0v) is 16.6. The lowest BCUT2D eigenvalue weighted by atomic mass is 10.0. The van der Waals surface area contributed by atoms with Crippen LogP contribution in [0.15, 0.2) is 23.4 Å². The van der Waals surface area contributed by atoms with E-state index in [0.29, 0.717) is 22.4 Å². The number of amides is 2. The van der Waals surface area contributed by atoms with E-state index in [9.17, 15) is 19.5 Å². The van der Waals surface area contributed by atoms with E-state index in [2.05, 4.69) is 0 Å². The zero-order chi connectivity index (χ0) is 17.4. The molecule has 2 atom stereocenters. The summed E-state index contributed by atoms with van der Waals surface area (Å²) >= 11 is 1.42. The van der Waals surface area contributed by atoms with Crippen molar-refractivity contribution < 1.29 is 24.0 Å². The van der Waals surface area contributed by atoms with E-state index in [-0.39, 0.29) is 41.6 Å². The number of nitrogens with zero attached hydrogens (tertiary/aromatic N) is 2. The molecule has 24 heavy (non-hydrogen) atoms. The van der Waals surface area contributed by atoms with Crippen molar-refractivity contribution in [1.82, 2.24) is 4.90 Å².